The van der Waals surface area contributed by atoms with Crippen LogP contribution in [0, 0.1) is 0 Å². The van der Waals surface area contributed by atoms with Crippen LogP contribution in [0.3, 0.4) is 0 Å². The zero-order valence-corrected chi connectivity index (χ0v) is 10.7. The van der Waals surface area contributed by atoms with E-state index in [2.05, 4.69) is 29.1 Å². The molecule has 0 radical (unpaired) electrons. The minimum absolute atomic E-state index is 0.0779. The zero-order chi connectivity index (χ0) is 12.6. The number of carbonyl (C=O) groups is 1. The average molecular weight is 234 g/mol. The summed E-state index contributed by atoms with van der Waals surface area (Å²) in [5, 5.41) is 3.17. The maximum atomic E-state index is 11.8. The van der Waals surface area contributed by atoms with Crippen LogP contribution in [0.15, 0.2) is 6.20 Å². The maximum absolute atomic E-state index is 11.8. The molecule has 1 atom stereocenters. The van der Waals surface area contributed by atoms with Gasteiger partial charge in [-0.2, -0.15) is 0 Å². The summed E-state index contributed by atoms with van der Waals surface area (Å²) in [7, 11) is 3.52. The van der Waals surface area contributed by atoms with Gasteiger partial charge in [0, 0.05) is 38.2 Å². The van der Waals surface area contributed by atoms with Gasteiger partial charge < -0.3 is 10.2 Å². The Kier molecular flexibility index (Phi) is 3.00. The van der Waals surface area contributed by atoms with Gasteiger partial charge in [0.1, 0.15) is 17.7 Å². The van der Waals surface area contributed by atoms with E-state index in [1.807, 2.05) is 6.20 Å². The first kappa shape index (κ1) is 11.8. The van der Waals surface area contributed by atoms with Crippen LogP contribution in [0.2, 0.25) is 0 Å². The molecule has 2 heterocycles. The monoisotopic (exact) mass is 234 g/mol. The number of nitrogens with zero attached hydrogens (tertiary/aromatic N) is 3. The number of amides is 1. The lowest BCUT2D eigenvalue weighted by Gasteiger charge is -2.16. The molecule has 1 aromatic heterocycles. The van der Waals surface area contributed by atoms with Crippen LogP contribution >= 0.6 is 0 Å². The number of nitrogens with one attached hydrogen (secondary N) is 1. The van der Waals surface area contributed by atoms with Crippen molar-refractivity contribution >= 4 is 11.7 Å². The molecule has 5 nitrogen and oxygen atoms in total. The highest BCUT2D eigenvalue weighted by atomic mass is 16.2. The number of anilines is 1. The molecule has 1 unspecified atom stereocenters. The van der Waals surface area contributed by atoms with Gasteiger partial charge in [0.15, 0.2) is 0 Å². The first-order chi connectivity index (χ1) is 7.99. The third-order valence-corrected chi connectivity index (χ3v) is 2.87. The van der Waals surface area contributed by atoms with E-state index in [0.717, 1.165) is 17.2 Å². The average Bonchev–Trinajstić information content (AvgIpc) is 2.69. The molecule has 0 saturated heterocycles. The molecule has 17 heavy (non-hydrogen) atoms. The van der Waals surface area contributed by atoms with Crippen LogP contribution < -0.4 is 5.32 Å². The maximum Gasteiger partial charge on any atom is 0.244 e. The van der Waals surface area contributed by atoms with E-state index in [-0.39, 0.29) is 11.9 Å². The second-order valence-corrected chi connectivity index (χ2v) is 4.89. The Morgan fingerprint density at radius 3 is 2.82 bits per heavy atom. The molecule has 0 saturated carbocycles. The topological polar surface area (TPSA) is 58.1 Å². The van der Waals surface area contributed by atoms with E-state index >= 15 is 0 Å². The van der Waals surface area contributed by atoms with Crippen molar-refractivity contribution in [1.82, 2.24) is 14.9 Å². The molecule has 5 heteroatoms. The van der Waals surface area contributed by atoms with Crippen molar-refractivity contribution < 1.29 is 4.79 Å². The summed E-state index contributed by atoms with van der Waals surface area (Å²) in [6, 6.07) is -0.197. The van der Waals surface area contributed by atoms with Crippen LogP contribution in [0.25, 0.3) is 0 Å². The fourth-order valence-corrected chi connectivity index (χ4v) is 1.87. The predicted octanol–water partition coefficient (Wildman–Crippen LogP) is 1.02. The highest BCUT2D eigenvalue weighted by Gasteiger charge is 2.29. The molecule has 0 fully saturated rings. The second-order valence-electron chi connectivity index (χ2n) is 4.89. The molecule has 0 spiro atoms. The number of carbonyl (C=O) groups excluding carboxylic acids is 1. The van der Waals surface area contributed by atoms with E-state index in [0.29, 0.717) is 12.3 Å². The summed E-state index contributed by atoms with van der Waals surface area (Å²) in [6.07, 6.45) is 2.50. The van der Waals surface area contributed by atoms with Gasteiger partial charge >= 0.3 is 0 Å². The second kappa shape index (κ2) is 4.31. The van der Waals surface area contributed by atoms with E-state index in [9.17, 15) is 4.79 Å². The van der Waals surface area contributed by atoms with Gasteiger partial charge in [-0.3, -0.25) is 4.79 Å². The fraction of sp³-hybridized carbons (Fsp3) is 0.583. The lowest BCUT2D eigenvalue weighted by atomic mass is 10.1. The van der Waals surface area contributed by atoms with Crippen LogP contribution in [0.4, 0.5) is 5.82 Å². The highest BCUT2D eigenvalue weighted by Crippen LogP contribution is 2.25. The van der Waals surface area contributed by atoms with E-state index < -0.39 is 0 Å². The molecule has 2 rings (SSSR count). The quantitative estimate of drug-likeness (QED) is 0.830. The molecule has 0 bridgehead atoms. The largest absolute Gasteiger partial charge is 0.358 e. The summed E-state index contributed by atoms with van der Waals surface area (Å²) < 4.78 is 0. The van der Waals surface area contributed by atoms with Gasteiger partial charge in [0.05, 0.1) is 0 Å². The molecule has 1 aromatic rings. The molecule has 1 N–H and O–H groups in total. The van der Waals surface area contributed by atoms with Gasteiger partial charge in [0.2, 0.25) is 5.91 Å². The van der Waals surface area contributed by atoms with E-state index in [1.54, 1.807) is 19.0 Å². The smallest absolute Gasteiger partial charge is 0.244 e. The van der Waals surface area contributed by atoms with Crippen molar-refractivity contribution in [2.45, 2.75) is 32.2 Å². The zero-order valence-electron chi connectivity index (χ0n) is 10.7. The highest BCUT2D eigenvalue weighted by molar-refractivity contribution is 5.86. The number of hydrogen-bond acceptors (Lipinski definition) is 4. The Hall–Kier alpha value is -1.65. The van der Waals surface area contributed by atoms with Gasteiger partial charge in [0.25, 0.3) is 0 Å². The first-order valence-electron chi connectivity index (χ1n) is 5.82. The fourth-order valence-electron chi connectivity index (χ4n) is 1.87. The van der Waals surface area contributed by atoms with Crippen molar-refractivity contribution in [3.8, 4) is 0 Å². The van der Waals surface area contributed by atoms with E-state index in [4.69, 9.17) is 0 Å². The normalized spacial score (nSPS) is 17.8. The van der Waals surface area contributed by atoms with Crippen molar-refractivity contribution in [3.63, 3.8) is 0 Å². The van der Waals surface area contributed by atoms with Gasteiger partial charge in [-0.1, -0.05) is 13.8 Å². The SMILES string of the molecule is CC(C)c1ncc2c(n1)NC(C(=O)N(C)C)C2. The summed E-state index contributed by atoms with van der Waals surface area (Å²) in [4.78, 5) is 22.2. The summed E-state index contributed by atoms with van der Waals surface area (Å²) in [5.74, 6) is 2.00. The lowest BCUT2D eigenvalue weighted by molar-refractivity contribution is -0.129. The Bertz CT molecular complexity index is 442. The van der Waals surface area contributed by atoms with Crippen LogP contribution in [-0.2, 0) is 11.2 Å². The summed E-state index contributed by atoms with van der Waals surface area (Å²) in [5.41, 5.74) is 1.02. The minimum Gasteiger partial charge on any atom is -0.358 e. The number of fused-ring (bicyclic) bond motifs is 1. The third kappa shape index (κ3) is 2.23. The Morgan fingerprint density at radius 2 is 2.24 bits per heavy atom. The number of likely N-dealkylation sites (N-methyl/N-ethyl adjacent to an activating group) is 1. The standard InChI is InChI=1S/C12H18N4O/c1-7(2)10-13-6-8-5-9(12(17)16(3)4)14-11(8)15-10/h6-7,9H,5H2,1-4H3,(H,13,14,15). The molecule has 92 valence electrons. The summed E-state index contributed by atoms with van der Waals surface area (Å²) >= 11 is 0. The number of hydrogen-bond donors (Lipinski definition) is 1. The van der Waals surface area contributed by atoms with E-state index in [1.165, 1.54) is 0 Å². The summed E-state index contributed by atoms with van der Waals surface area (Å²) in [6.45, 7) is 4.11. The van der Waals surface area contributed by atoms with Crippen LogP contribution in [0.1, 0.15) is 31.2 Å². The molecule has 1 aliphatic heterocycles. The molecule has 0 aromatic carbocycles. The lowest BCUT2D eigenvalue weighted by Crippen LogP contribution is -2.37. The molecular weight excluding hydrogens is 216 g/mol. The molecule has 0 aliphatic carbocycles. The van der Waals surface area contributed by atoms with Crippen molar-refractivity contribution in [3.05, 3.63) is 17.6 Å². The molecular formula is C12H18N4O. The third-order valence-electron chi connectivity index (χ3n) is 2.87. The molecule has 1 aliphatic rings. The Morgan fingerprint density at radius 1 is 1.53 bits per heavy atom. The van der Waals surface area contributed by atoms with Crippen LogP contribution in [0.5, 0.6) is 0 Å². The first-order valence-corrected chi connectivity index (χ1v) is 5.82. The predicted molar refractivity (Wildman–Crippen MR) is 65.9 cm³/mol. The minimum atomic E-state index is -0.197. The molecule has 1 amide bonds. The van der Waals surface area contributed by atoms with Crippen LogP contribution in [-0.4, -0.2) is 40.9 Å². The Labute approximate surface area is 101 Å². The van der Waals surface area contributed by atoms with Gasteiger partial charge in [-0.15, -0.1) is 0 Å². The van der Waals surface area contributed by atoms with Crippen molar-refractivity contribution in [2.24, 2.45) is 0 Å². The van der Waals surface area contributed by atoms with Gasteiger partial charge in [-0.05, 0) is 0 Å². The number of rotatable bonds is 2. The van der Waals surface area contributed by atoms with Crippen molar-refractivity contribution in [2.75, 3.05) is 19.4 Å². The Balaban J connectivity index is 2.19. The van der Waals surface area contributed by atoms with Gasteiger partial charge in [-0.25, -0.2) is 9.97 Å². The van der Waals surface area contributed by atoms with Crippen molar-refractivity contribution in [1.29, 1.82) is 0 Å². The number of aromatic nitrogens is 2.